The molecular formula is C24H32BrClN4O3. The number of nitrogens with one attached hydrogen (secondary N) is 1. The van der Waals surface area contributed by atoms with Crippen LogP contribution in [0, 0.1) is 0 Å². The number of methoxy groups -OCH3 is 2. The quantitative estimate of drug-likeness (QED) is 0.248. The zero-order valence-electron chi connectivity index (χ0n) is 19.8. The summed E-state index contributed by atoms with van der Waals surface area (Å²) in [7, 11) is 5.42. The Morgan fingerprint density at radius 1 is 1.12 bits per heavy atom. The zero-order chi connectivity index (χ0) is 24.2. The second-order valence-corrected chi connectivity index (χ2v) is 8.75. The Balaban J connectivity index is 2.18. The fourth-order valence-electron chi connectivity index (χ4n) is 2.90. The van der Waals surface area contributed by atoms with Crippen molar-refractivity contribution in [1.29, 1.82) is 0 Å². The first kappa shape index (κ1) is 27.1. The number of aromatic nitrogens is 2. The molecule has 0 bridgehead atoms. The maximum absolute atomic E-state index is 6.24. The summed E-state index contributed by atoms with van der Waals surface area (Å²) in [5.74, 6) is 2.14. The van der Waals surface area contributed by atoms with E-state index < -0.39 is 0 Å². The van der Waals surface area contributed by atoms with Crippen molar-refractivity contribution < 1.29 is 14.2 Å². The lowest BCUT2D eigenvalue weighted by Gasteiger charge is -2.16. The van der Waals surface area contributed by atoms with Crippen LogP contribution in [-0.4, -0.2) is 62.4 Å². The van der Waals surface area contributed by atoms with E-state index in [0.29, 0.717) is 17.4 Å². The van der Waals surface area contributed by atoms with Crippen molar-refractivity contribution in [2.45, 2.75) is 20.3 Å². The average molecular weight is 540 g/mol. The van der Waals surface area contributed by atoms with Crippen molar-refractivity contribution in [3.05, 3.63) is 56.8 Å². The summed E-state index contributed by atoms with van der Waals surface area (Å²) in [4.78, 5) is 11.1. The minimum Gasteiger partial charge on any atom is -0.501 e. The lowest BCUT2D eigenvalue weighted by Crippen LogP contribution is -2.24. The molecule has 2 rings (SSSR count). The Morgan fingerprint density at radius 2 is 1.91 bits per heavy atom. The van der Waals surface area contributed by atoms with E-state index in [2.05, 4.69) is 43.2 Å². The van der Waals surface area contributed by atoms with Crippen molar-refractivity contribution in [3.8, 4) is 0 Å². The van der Waals surface area contributed by atoms with Crippen molar-refractivity contribution in [2.24, 2.45) is 0 Å². The van der Waals surface area contributed by atoms with Crippen LogP contribution < -0.4 is 5.32 Å². The second-order valence-electron chi connectivity index (χ2n) is 7.49. The van der Waals surface area contributed by atoms with Gasteiger partial charge in [0, 0.05) is 42.0 Å². The molecule has 0 atom stereocenters. The first-order valence-electron chi connectivity index (χ1n) is 10.6. The molecule has 0 radical (unpaired) electrons. The molecule has 1 aromatic heterocycles. The lowest BCUT2D eigenvalue weighted by atomic mass is 10.1. The molecular weight excluding hydrogens is 508 g/mol. The number of rotatable bonds is 13. The van der Waals surface area contributed by atoms with E-state index in [1.807, 2.05) is 44.2 Å². The molecule has 0 aliphatic carbocycles. The molecule has 0 aliphatic heterocycles. The first-order chi connectivity index (χ1) is 15.8. The third-order valence-corrected chi connectivity index (χ3v) is 6.03. The Labute approximate surface area is 209 Å². The zero-order valence-corrected chi connectivity index (χ0v) is 22.2. The molecule has 0 aliphatic rings. The normalized spacial score (nSPS) is 12.2. The van der Waals surface area contributed by atoms with E-state index in [1.54, 1.807) is 14.2 Å². The van der Waals surface area contributed by atoms with Crippen molar-refractivity contribution in [2.75, 3.05) is 52.9 Å². The van der Waals surface area contributed by atoms with E-state index in [1.165, 1.54) is 6.33 Å². The van der Waals surface area contributed by atoms with Crippen LogP contribution in [0.4, 0.5) is 11.5 Å². The van der Waals surface area contributed by atoms with Gasteiger partial charge < -0.3 is 24.4 Å². The standard InChI is InChI=1S/C24H32BrClN4O3/c1-17(32-5)13-20-23(14-18(2)33-11-6-9-30(3)10-12-31-4)27-16-28-24(20)29-19-7-8-21(25)22(26)15-19/h7-8,13-16H,6,9-12H2,1-5H3,(H,27,28,29)/b17-13+,18-14+. The number of halogens is 2. The highest BCUT2D eigenvalue weighted by molar-refractivity contribution is 9.10. The average Bonchev–Trinajstić information content (AvgIpc) is 2.79. The molecule has 1 heterocycles. The molecule has 1 aromatic carbocycles. The molecule has 0 saturated carbocycles. The molecule has 0 unspecified atom stereocenters. The van der Waals surface area contributed by atoms with Gasteiger partial charge in [0.05, 0.1) is 42.6 Å². The minimum absolute atomic E-state index is 0.608. The fraction of sp³-hybridized carbons (Fsp3) is 0.417. The molecule has 9 heteroatoms. The third-order valence-electron chi connectivity index (χ3n) is 4.80. The van der Waals surface area contributed by atoms with Gasteiger partial charge in [0.2, 0.25) is 0 Å². The number of allylic oxidation sites excluding steroid dienone is 2. The molecule has 0 fully saturated rings. The summed E-state index contributed by atoms with van der Waals surface area (Å²) >= 11 is 9.66. The Kier molecular flexibility index (Phi) is 11.7. The summed E-state index contributed by atoms with van der Waals surface area (Å²) in [6.07, 6.45) is 6.24. The van der Waals surface area contributed by atoms with Gasteiger partial charge in [0.25, 0.3) is 0 Å². The summed E-state index contributed by atoms with van der Waals surface area (Å²) in [5.41, 5.74) is 2.33. The van der Waals surface area contributed by atoms with Gasteiger partial charge in [-0.3, -0.25) is 0 Å². The molecule has 0 amide bonds. The SMILES string of the molecule is COCCN(C)CCCO/C(C)=C/c1ncnc(Nc2ccc(Br)c(Cl)c2)c1/C=C(\C)OC. The maximum Gasteiger partial charge on any atom is 0.141 e. The number of hydrogen-bond acceptors (Lipinski definition) is 7. The van der Waals surface area contributed by atoms with Gasteiger partial charge in [0.15, 0.2) is 0 Å². The second kappa shape index (κ2) is 14.2. The van der Waals surface area contributed by atoms with Crippen LogP contribution in [0.5, 0.6) is 0 Å². The number of nitrogens with zero attached hydrogens (tertiary/aromatic N) is 3. The summed E-state index contributed by atoms with van der Waals surface area (Å²) in [5, 5.41) is 3.93. The topological polar surface area (TPSA) is 68.7 Å². The number of benzene rings is 1. The van der Waals surface area contributed by atoms with Gasteiger partial charge in [-0.15, -0.1) is 0 Å². The summed E-state index contributed by atoms with van der Waals surface area (Å²) in [6.45, 7) is 6.99. The van der Waals surface area contributed by atoms with E-state index in [0.717, 1.165) is 59.1 Å². The maximum atomic E-state index is 6.24. The predicted molar refractivity (Wildman–Crippen MR) is 139 cm³/mol. The van der Waals surface area contributed by atoms with Gasteiger partial charge in [-0.1, -0.05) is 11.6 Å². The predicted octanol–water partition coefficient (Wildman–Crippen LogP) is 5.99. The van der Waals surface area contributed by atoms with E-state index in [4.69, 9.17) is 25.8 Å². The van der Waals surface area contributed by atoms with Crippen LogP contribution in [0.15, 0.2) is 40.5 Å². The largest absolute Gasteiger partial charge is 0.501 e. The van der Waals surface area contributed by atoms with Crippen LogP contribution in [-0.2, 0) is 14.2 Å². The lowest BCUT2D eigenvalue weighted by molar-refractivity contribution is 0.150. The molecule has 7 nitrogen and oxygen atoms in total. The van der Waals surface area contributed by atoms with Crippen molar-refractivity contribution >= 4 is 51.2 Å². The number of hydrogen-bond donors (Lipinski definition) is 1. The Hall–Kier alpha value is -2.13. The monoisotopic (exact) mass is 538 g/mol. The molecule has 1 N–H and O–H groups in total. The fourth-order valence-corrected chi connectivity index (χ4v) is 3.33. The van der Waals surface area contributed by atoms with Crippen LogP contribution >= 0.6 is 27.5 Å². The van der Waals surface area contributed by atoms with Gasteiger partial charge in [-0.2, -0.15) is 0 Å². The highest BCUT2D eigenvalue weighted by atomic mass is 79.9. The smallest absolute Gasteiger partial charge is 0.141 e. The van der Waals surface area contributed by atoms with Crippen LogP contribution in [0.3, 0.4) is 0 Å². The first-order valence-corrected chi connectivity index (χ1v) is 11.8. The number of likely N-dealkylation sites (N-methyl/N-ethyl adjacent to an activating group) is 1. The highest BCUT2D eigenvalue weighted by Gasteiger charge is 2.11. The molecule has 33 heavy (non-hydrogen) atoms. The van der Waals surface area contributed by atoms with Crippen LogP contribution in [0.25, 0.3) is 12.2 Å². The van der Waals surface area contributed by atoms with Gasteiger partial charge >= 0.3 is 0 Å². The van der Waals surface area contributed by atoms with Crippen molar-refractivity contribution in [3.63, 3.8) is 0 Å². The van der Waals surface area contributed by atoms with Gasteiger partial charge in [-0.25, -0.2) is 9.97 Å². The molecule has 0 saturated heterocycles. The minimum atomic E-state index is 0.608. The van der Waals surface area contributed by atoms with Crippen molar-refractivity contribution in [1.82, 2.24) is 14.9 Å². The van der Waals surface area contributed by atoms with E-state index >= 15 is 0 Å². The Bertz CT molecular complexity index is 969. The van der Waals surface area contributed by atoms with E-state index in [-0.39, 0.29) is 0 Å². The Morgan fingerprint density at radius 3 is 2.61 bits per heavy atom. The number of ether oxygens (including phenoxy) is 3. The van der Waals surface area contributed by atoms with Gasteiger partial charge in [0.1, 0.15) is 12.1 Å². The third kappa shape index (κ3) is 9.33. The highest BCUT2D eigenvalue weighted by Crippen LogP contribution is 2.29. The van der Waals surface area contributed by atoms with Crippen LogP contribution in [0.2, 0.25) is 5.02 Å². The van der Waals surface area contributed by atoms with Gasteiger partial charge in [-0.05, 0) is 67.5 Å². The summed E-state index contributed by atoms with van der Waals surface area (Å²) < 4.78 is 17.2. The molecule has 180 valence electrons. The summed E-state index contributed by atoms with van der Waals surface area (Å²) in [6, 6.07) is 5.63. The number of anilines is 2. The molecule has 0 spiro atoms. The van der Waals surface area contributed by atoms with Crippen LogP contribution in [0.1, 0.15) is 31.5 Å². The molecule has 2 aromatic rings. The van der Waals surface area contributed by atoms with E-state index in [9.17, 15) is 0 Å².